The molecule has 2 unspecified atom stereocenters. The van der Waals surface area contributed by atoms with Gasteiger partial charge in [0.2, 0.25) is 21.7 Å². The van der Waals surface area contributed by atoms with Crippen molar-refractivity contribution in [3.63, 3.8) is 0 Å². The molecule has 1 aromatic heterocycles. The Labute approximate surface area is 188 Å². The Bertz CT molecular complexity index is 1120. The summed E-state index contributed by atoms with van der Waals surface area (Å²) in [5.74, 6) is -3.47. The van der Waals surface area contributed by atoms with Crippen molar-refractivity contribution in [1.29, 1.82) is 0 Å². The summed E-state index contributed by atoms with van der Waals surface area (Å²) < 4.78 is 40.8. The molecule has 0 saturated carbocycles. The van der Waals surface area contributed by atoms with E-state index in [0.29, 0.717) is 6.42 Å². The quantitative estimate of drug-likeness (QED) is 0.515. The number of rotatable bonds is 6. The van der Waals surface area contributed by atoms with Crippen LogP contribution >= 0.6 is 11.3 Å². The highest BCUT2D eigenvalue weighted by atomic mass is 32.2. The third-order valence-corrected chi connectivity index (χ3v) is 7.38. The van der Waals surface area contributed by atoms with E-state index in [-0.39, 0.29) is 17.9 Å². The van der Waals surface area contributed by atoms with Gasteiger partial charge in [-0.05, 0) is 30.2 Å². The highest BCUT2D eigenvalue weighted by Crippen LogP contribution is 2.18. The van der Waals surface area contributed by atoms with E-state index in [1.165, 1.54) is 11.3 Å². The summed E-state index contributed by atoms with van der Waals surface area (Å²) >= 11 is 1.38. The minimum absolute atomic E-state index is 0.0607. The lowest BCUT2D eigenvalue weighted by Crippen LogP contribution is -2.56. The van der Waals surface area contributed by atoms with E-state index in [1.54, 1.807) is 20.0 Å². The number of hydrogen-bond acceptors (Lipinski definition) is 7. The normalized spacial score (nSPS) is 18.2. The lowest BCUT2D eigenvalue weighted by molar-refractivity contribution is -0.140. The van der Waals surface area contributed by atoms with E-state index in [4.69, 9.17) is 0 Å². The van der Waals surface area contributed by atoms with Gasteiger partial charge in [-0.25, -0.2) is 17.8 Å². The Hall–Kier alpha value is -2.70. The van der Waals surface area contributed by atoms with Gasteiger partial charge in [0.15, 0.2) is 0 Å². The molecule has 32 heavy (non-hydrogen) atoms. The summed E-state index contributed by atoms with van der Waals surface area (Å²) in [4.78, 5) is 42.6. The van der Waals surface area contributed by atoms with Crippen LogP contribution in [0.2, 0.25) is 0 Å². The van der Waals surface area contributed by atoms with Gasteiger partial charge in [0, 0.05) is 30.5 Å². The number of nitrogens with one attached hydrogen (secondary N) is 3. The average Bonchev–Trinajstić information content (AvgIpc) is 3.17. The molecule has 0 radical (unpaired) electrons. The van der Waals surface area contributed by atoms with Gasteiger partial charge >= 0.3 is 0 Å². The highest BCUT2D eigenvalue weighted by Gasteiger charge is 2.34. The number of sulfonamides is 1. The number of Topliss-reactive ketones (excluding diaryl/α,β-unsaturated/α-hetero) is 1. The topological polar surface area (TPSA) is 134 Å². The number of fused-ring (bicyclic) bond motifs is 2. The Morgan fingerprint density at radius 3 is 2.59 bits per heavy atom. The molecule has 0 fully saturated rings. The monoisotopic (exact) mass is 482 g/mol. The van der Waals surface area contributed by atoms with Crippen molar-refractivity contribution < 1.29 is 27.2 Å². The molecular formula is C20H23FN4O5S2. The van der Waals surface area contributed by atoms with Crippen molar-refractivity contribution in [3.8, 4) is 0 Å². The molecule has 0 spiro atoms. The second-order valence-corrected chi connectivity index (χ2v) is 10.6. The maximum Gasteiger partial charge on any atom is 0.289 e. The van der Waals surface area contributed by atoms with Gasteiger partial charge < -0.3 is 10.6 Å². The summed E-state index contributed by atoms with van der Waals surface area (Å²) in [5.41, 5.74) is 0. The van der Waals surface area contributed by atoms with E-state index in [2.05, 4.69) is 20.3 Å². The molecule has 12 heteroatoms. The molecule has 1 aliphatic rings. The predicted molar refractivity (Wildman–Crippen MR) is 115 cm³/mol. The van der Waals surface area contributed by atoms with Gasteiger partial charge in [0.25, 0.3) is 5.91 Å². The fourth-order valence-corrected chi connectivity index (χ4v) is 5.41. The molecule has 2 atom stereocenters. The van der Waals surface area contributed by atoms with Crippen LogP contribution < -0.4 is 15.4 Å². The van der Waals surface area contributed by atoms with Crippen LogP contribution in [0.15, 0.2) is 35.4 Å². The minimum atomic E-state index is -4.14. The largest absolute Gasteiger partial charge is 0.349 e. The third kappa shape index (κ3) is 5.75. The molecule has 2 aromatic rings. The number of nitrogens with zero attached hydrogens (tertiary/aromatic N) is 1. The summed E-state index contributed by atoms with van der Waals surface area (Å²) in [5, 5.41) is 5.82. The van der Waals surface area contributed by atoms with Gasteiger partial charge in [-0.3, -0.25) is 14.4 Å². The standard InChI is InChI=1S/C20H23FN4O5S2/c1-11(2)17(25-32(29,30)14-5-3-12(21)4-6-14)19(27)24-15-9-13-10-23-16(31-13)7-8-22-20(28)18(15)26/h3-6,10-11,15,17,25H,7-9H2,1-2H3,(H,22,28)(H,24,27). The molecule has 1 aromatic carbocycles. The van der Waals surface area contributed by atoms with Crippen LogP contribution in [0, 0.1) is 11.7 Å². The smallest absolute Gasteiger partial charge is 0.289 e. The zero-order chi connectivity index (χ0) is 23.5. The highest BCUT2D eigenvalue weighted by molar-refractivity contribution is 7.89. The number of amides is 2. The molecule has 1 aliphatic heterocycles. The van der Waals surface area contributed by atoms with E-state index in [0.717, 1.165) is 34.2 Å². The van der Waals surface area contributed by atoms with Crippen LogP contribution in [-0.2, 0) is 37.2 Å². The first-order chi connectivity index (χ1) is 15.1. The van der Waals surface area contributed by atoms with Crippen molar-refractivity contribution >= 4 is 39.0 Å². The Kier molecular flexibility index (Phi) is 7.36. The molecule has 2 amide bonds. The maximum absolute atomic E-state index is 13.1. The number of carbonyl (C=O) groups is 3. The van der Waals surface area contributed by atoms with E-state index in [9.17, 15) is 27.2 Å². The Morgan fingerprint density at radius 1 is 1.25 bits per heavy atom. The lowest BCUT2D eigenvalue weighted by atomic mass is 10.0. The third-order valence-electron chi connectivity index (χ3n) is 4.84. The van der Waals surface area contributed by atoms with Crippen LogP contribution in [-0.4, -0.2) is 49.6 Å². The molecule has 172 valence electrons. The lowest BCUT2D eigenvalue weighted by Gasteiger charge is -2.24. The molecule has 9 nitrogen and oxygen atoms in total. The van der Waals surface area contributed by atoms with Gasteiger partial charge in [0.05, 0.1) is 9.90 Å². The first-order valence-electron chi connectivity index (χ1n) is 9.90. The number of benzene rings is 1. The van der Waals surface area contributed by atoms with Crippen molar-refractivity contribution in [1.82, 2.24) is 20.3 Å². The number of ketones is 1. The Morgan fingerprint density at radius 2 is 1.94 bits per heavy atom. The molecule has 0 saturated heterocycles. The molecule has 3 N–H and O–H groups in total. The van der Waals surface area contributed by atoms with Gasteiger partial charge in [-0.2, -0.15) is 4.72 Å². The molecule has 2 heterocycles. The van der Waals surface area contributed by atoms with Crippen molar-refractivity contribution in [2.75, 3.05) is 6.54 Å². The molecular weight excluding hydrogens is 459 g/mol. The van der Waals surface area contributed by atoms with Gasteiger partial charge in [-0.15, -0.1) is 11.3 Å². The fourth-order valence-electron chi connectivity index (χ4n) is 3.10. The van der Waals surface area contributed by atoms with Gasteiger partial charge in [-0.1, -0.05) is 13.8 Å². The number of thiazole rings is 1. The van der Waals surface area contributed by atoms with E-state index >= 15 is 0 Å². The molecule has 0 aliphatic carbocycles. The first-order valence-corrected chi connectivity index (χ1v) is 12.2. The summed E-state index contributed by atoms with van der Waals surface area (Å²) in [6.45, 7) is 3.51. The summed E-state index contributed by atoms with van der Waals surface area (Å²) in [6.07, 6.45) is 2.16. The van der Waals surface area contributed by atoms with Crippen LogP contribution in [0.3, 0.4) is 0 Å². The first kappa shape index (κ1) is 24.0. The molecule has 3 rings (SSSR count). The van der Waals surface area contributed by atoms with E-state index < -0.39 is 51.4 Å². The van der Waals surface area contributed by atoms with Crippen LogP contribution in [0.1, 0.15) is 23.7 Å². The second-order valence-electron chi connectivity index (χ2n) is 7.65. The predicted octanol–water partition coefficient (Wildman–Crippen LogP) is 0.554. The van der Waals surface area contributed by atoms with E-state index in [1.807, 2.05) is 0 Å². The maximum atomic E-state index is 13.1. The summed E-state index contributed by atoms with van der Waals surface area (Å²) in [7, 11) is -4.14. The number of halogens is 1. The zero-order valence-corrected chi connectivity index (χ0v) is 19.1. The Balaban J connectivity index is 1.81. The second kappa shape index (κ2) is 9.84. The summed E-state index contributed by atoms with van der Waals surface area (Å²) in [6, 6.07) is 1.77. The van der Waals surface area contributed by atoms with Crippen LogP contribution in [0.25, 0.3) is 0 Å². The minimum Gasteiger partial charge on any atom is -0.349 e. The van der Waals surface area contributed by atoms with Crippen LogP contribution in [0.4, 0.5) is 4.39 Å². The number of hydrogen-bond donors (Lipinski definition) is 3. The fraction of sp³-hybridized carbons (Fsp3) is 0.400. The van der Waals surface area contributed by atoms with Crippen LogP contribution in [0.5, 0.6) is 0 Å². The van der Waals surface area contributed by atoms with Crippen molar-refractivity contribution in [3.05, 3.63) is 46.2 Å². The van der Waals surface area contributed by atoms with Gasteiger partial charge in [0.1, 0.15) is 17.9 Å². The zero-order valence-electron chi connectivity index (χ0n) is 17.4. The molecule has 2 bridgehead atoms. The number of aromatic nitrogens is 1. The van der Waals surface area contributed by atoms with Crippen molar-refractivity contribution in [2.24, 2.45) is 5.92 Å². The van der Waals surface area contributed by atoms with Crippen molar-refractivity contribution in [2.45, 2.75) is 43.7 Å². The average molecular weight is 483 g/mol. The SMILES string of the molecule is CC(C)C(NS(=O)(=O)c1ccc(F)cc1)C(=O)NC1Cc2cnc(s2)CCNC(=O)C1=O. The number of carbonyl (C=O) groups excluding carboxylic acids is 3.